The van der Waals surface area contributed by atoms with Crippen molar-refractivity contribution in [2.24, 2.45) is 0 Å². The fraction of sp³-hybridized carbons (Fsp3) is 0.333. The van der Waals surface area contributed by atoms with Crippen LogP contribution in [-0.4, -0.2) is 9.55 Å². The van der Waals surface area contributed by atoms with E-state index in [0.29, 0.717) is 0 Å². The third-order valence-corrected chi connectivity index (χ3v) is 2.49. The van der Waals surface area contributed by atoms with Crippen LogP contribution in [0.1, 0.15) is 19.8 Å². The molecule has 0 aliphatic rings. The maximum Gasteiger partial charge on any atom is 0.251 e. The monoisotopic (exact) mass is 202 g/mol. The maximum absolute atomic E-state index is 11.7. The number of hydrogen-bond acceptors (Lipinski definition) is 2. The van der Waals surface area contributed by atoms with Gasteiger partial charge in [-0.15, -0.1) is 0 Å². The number of aromatic nitrogens is 2. The average molecular weight is 202 g/mol. The highest BCUT2D eigenvalue weighted by molar-refractivity contribution is 5.73. The number of pyridine rings is 2. The molecule has 0 fully saturated rings. The molecule has 3 nitrogen and oxygen atoms in total. The molecule has 2 aromatic heterocycles. The van der Waals surface area contributed by atoms with Gasteiger partial charge in [-0.25, -0.2) is 0 Å². The van der Waals surface area contributed by atoms with Crippen molar-refractivity contribution in [2.45, 2.75) is 26.3 Å². The van der Waals surface area contributed by atoms with E-state index in [0.717, 1.165) is 30.4 Å². The van der Waals surface area contributed by atoms with Gasteiger partial charge < -0.3 is 4.57 Å². The minimum atomic E-state index is 0.0592. The highest BCUT2D eigenvalue weighted by Crippen LogP contribution is 2.08. The lowest BCUT2D eigenvalue weighted by molar-refractivity contribution is 0.631. The van der Waals surface area contributed by atoms with Crippen LogP contribution in [0.5, 0.6) is 0 Å². The molecule has 15 heavy (non-hydrogen) atoms. The van der Waals surface area contributed by atoms with Gasteiger partial charge in [0, 0.05) is 18.8 Å². The number of hydrogen-bond donors (Lipinski definition) is 0. The van der Waals surface area contributed by atoms with Gasteiger partial charge in [0.15, 0.2) is 0 Å². The van der Waals surface area contributed by atoms with E-state index in [1.165, 1.54) is 0 Å². The van der Waals surface area contributed by atoms with E-state index in [9.17, 15) is 4.79 Å². The Kier molecular flexibility index (Phi) is 2.81. The summed E-state index contributed by atoms with van der Waals surface area (Å²) in [5, 5.41) is 0. The zero-order valence-electron chi connectivity index (χ0n) is 8.81. The maximum atomic E-state index is 11.7. The van der Waals surface area contributed by atoms with Crippen LogP contribution in [0.2, 0.25) is 0 Å². The summed E-state index contributed by atoms with van der Waals surface area (Å²) in [4.78, 5) is 15.9. The molecule has 0 unspecified atom stereocenters. The van der Waals surface area contributed by atoms with Crippen LogP contribution in [0.25, 0.3) is 11.0 Å². The Bertz CT molecular complexity index is 516. The SMILES string of the molecule is CCCCn1c(=O)ccc2ncccc21. The van der Waals surface area contributed by atoms with E-state index in [-0.39, 0.29) is 5.56 Å². The average Bonchev–Trinajstić information content (AvgIpc) is 2.28. The Hall–Kier alpha value is -1.64. The van der Waals surface area contributed by atoms with Crippen molar-refractivity contribution in [3.63, 3.8) is 0 Å². The van der Waals surface area contributed by atoms with Crippen LogP contribution in [-0.2, 0) is 6.54 Å². The van der Waals surface area contributed by atoms with Crippen LogP contribution in [0, 0.1) is 0 Å². The second kappa shape index (κ2) is 4.26. The molecule has 0 saturated heterocycles. The summed E-state index contributed by atoms with van der Waals surface area (Å²) in [5.74, 6) is 0. The number of aryl methyl sites for hydroxylation is 1. The smallest absolute Gasteiger partial charge is 0.251 e. The molecular weight excluding hydrogens is 188 g/mol. The fourth-order valence-corrected chi connectivity index (χ4v) is 1.67. The van der Waals surface area contributed by atoms with Crippen molar-refractivity contribution in [3.05, 3.63) is 40.8 Å². The Morgan fingerprint density at radius 2 is 2.20 bits per heavy atom. The molecule has 2 heterocycles. The standard InChI is InChI=1S/C12H14N2O/c1-2-3-9-14-11-5-4-8-13-10(11)6-7-12(14)15/h4-8H,2-3,9H2,1H3. The zero-order valence-corrected chi connectivity index (χ0v) is 8.81. The van der Waals surface area contributed by atoms with Crippen molar-refractivity contribution >= 4 is 11.0 Å². The van der Waals surface area contributed by atoms with Gasteiger partial charge in [0.25, 0.3) is 5.56 Å². The van der Waals surface area contributed by atoms with Gasteiger partial charge in [-0.05, 0) is 24.6 Å². The van der Waals surface area contributed by atoms with Crippen molar-refractivity contribution in [3.8, 4) is 0 Å². The molecule has 0 radical (unpaired) electrons. The lowest BCUT2D eigenvalue weighted by Crippen LogP contribution is -2.19. The number of rotatable bonds is 3. The summed E-state index contributed by atoms with van der Waals surface area (Å²) in [6.07, 6.45) is 3.86. The summed E-state index contributed by atoms with van der Waals surface area (Å²) in [5.41, 5.74) is 1.87. The van der Waals surface area contributed by atoms with Gasteiger partial charge in [0.1, 0.15) is 0 Å². The molecule has 0 spiro atoms. The molecule has 0 atom stereocenters. The molecular formula is C12H14N2O. The zero-order chi connectivity index (χ0) is 10.7. The van der Waals surface area contributed by atoms with Crippen LogP contribution in [0.3, 0.4) is 0 Å². The van der Waals surface area contributed by atoms with Crippen molar-refractivity contribution in [2.75, 3.05) is 0 Å². The Labute approximate surface area is 88.4 Å². The summed E-state index contributed by atoms with van der Waals surface area (Å²) >= 11 is 0. The van der Waals surface area contributed by atoms with Crippen molar-refractivity contribution in [1.29, 1.82) is 0 Å². The highest BCUT2D eigenvalue weighted by atomic mass is 16.1. The van der Waals surface area contributed by atoms with Crippen LogP contribution in [0.15, 0.2) is 35.3 Å². The Morgan fingerprint density at radius 1 is 1.33 bits per heavy atom. The third-order valence-electron chi connectivity index (χ3n) is 2.49. The first-order valence-corrected chi connectivity index (χ1v) is 5.27. The van der Waals surface area contributed by atoms with E-state index in [1.54, 1.807) is 22.9 Å². The summed E-state index contributed by atoms with van der Waals surface area (Å²) < 4.78 is 1.80. The van der Waals surface area contributed by atoms with E-state index >= 15 is 0 Å². The van der Waals surface area contributed by atoms with E-state index in [1.807, 2.05) is 12.1 Å². The second-order valence-corrected chi connectivity index (χ2v) is 3.58. The Balaban J connectivity index is 2.58. The van der Waals surface area contributed by atoms with Gasteiger partial charge in [-0.2, -0.15) is 0 Å². The minimum Gasteiger partial charge on any atom is -0.307 e. The molecule has 0 aromatic carbocycles. The topological polar surface area (TPSA) is 34.9 Å². The summed E-state index contributed by atoms with van der Waals surface area (Å²) in [6, 6.07) is 7.18. The molecule has 0 N–H and O–H groups in total. The number of unbranched alkanes of at least 4 members (excludes halogenated alkanes) is 1. The lowest BCUT2D eigenvalue weighted by atomic mass is 10.3. The third kappa shape index (κ3) is 1.91. The molecule has 0 aliphatic carbocycles. The van der Waals surface area contributed by atoms with Crippen molar-refractivity contribution < 1.29 is 0 Å². The largest absolute Gasteiger partial charge is 0.307 e. The fourth-order valence-electron chi connectivity index (χ4n) is 1.67. The molecule has 0 bridgehead atoms. The molecule has 3 heteroatoms. The normalized spacial score (nSPS) is 10.7. The lowest BCUT2D eigenvalue weighted by Gasteiger charge is -2.07. The van der Waals surface area contributed by atoms with E-state index in [4.69, 9.17) is 0 Å². The second-order valence-electron chi connectivity index (χ2n) is 3.58. The number of nitrogens with zero attached hydrogens (tertiary/aromatic N) is 2. The van der Waals surface area contributed by atoms with E-state index < -0.39 is 0 Å². The van der Waals surface area contributed by atoms with Crippen LogP contribution >= 0.6 is 0 Å². The molecule has 0 amide bonds. The Morgan fingerprint density at radius 3 is 3.00 bits per heavy atom. The first-order valence-electron chi connectivity index (χ1n) is 5.27. The summed E-state index contributed by atoms with van der Waals surface area (Å²) in [7, 11) is 0. The van der Waals surface area contributed by atoms with Gasteiger partial charge in [-0.1, -0.05) is 13.3 Å². The minimum absolute atomic E-state index is 0.0592. The van der Waals surface area contributed by atoms with Gasteiger partial charge in [-0.3, -0.25) is 9.78 Å². The first kappa shape index (κ1) is 9.90. The highest BCUT2D eigenvalue weighted by Gasteiger charge is 2.01. The first-order chi connectivity index (χ1) is 7.33. The van der Waals surface area contributed by atoms with Gasteiger partial charge in [0.05, 0.1) is 11.0 Å². The van der Waals surface area contributed by atoms with Crippen LogP contribution in [0.4, 0.5) is 0 Å². The number of fused-ring (bicyclic) bond motifs is 1. The van der Waals surface area contributed by atoms with Crippen LogP contribution < -0.4 is 5.56 Å². The molecule has 2 aromatic rings. The predicted octanol–water partition coefficient (Wildman–Crippen LogP) is 2.20. The van der Waals surface area contributed by atoms with Gasteiger partial charge >= 0.3 is 0 Å². The molecule has 0 saturated carbocycles. The summed E-state index contributed by atoms with van der Waals surface area (Å²) in [6.45, 7) is 2.90. The molecule has 2 rings (SSSR count). The predicted molar refractivity (Wildman–Crippen MR) is 60.9 cm³/mol. The molecule has 0 aliphatic heterocycles. The molecule has 78 valence electrons. The van der Waals surface area contributed by atoms with Gasteiger partial charge in [0.2, 0.25) is 0 Å². The quantitative estimate of drug-likeness (QED) is 0.764. The van der Waals surface area contributed by atoms with Crippen molar-refractivity contribution in [1.82, 2.24) is 9.55 Å². The van der Waals surface area contributed by atoms with E-state index in [2.05, 4.69) is 11.9 Å².